The van der Waals surface area contributed by atoms with Crippen LogP contribution >= 0.6 is 0 Å². The third-order valence-electron chi connectivity index (χ3n) is 2.39. The van der Waals surface area contributed by atoms with Gasteiger partial charge in [0.2, 0.25) is 11.8 Å². The number of aliphatic hydroxyl groups excluding tert-OH is 1. The van der Waals surface area contributed by atoms with Crippen LogP contribution in [0.3, 0.4) is 0 Å². The van der Waals surface area contributed by atoms with Crippen molar-refractivity contribution in [2.24, 2.45) is 0 Å². The standard InChI is InChI=1S/C11H18N2O7/c1-5(12-10(18)6(2)14)9(17)13-7(11(19)20)3-4-8(15)16/h5-7,14H,3-4H2,1-2H3,(H,12,18)(H,13,17)(H,15,16)(H,19,20)/t5-,6?,7-/m0/s1. The molecule has 0 aliphatic rings. The van der Waals surface area contributed by atoms with Gasteiger partial charge in [0.15, 0.2) is 0 Å². The molecule has 0 aromatic carbocycles. The van der Waals surface area contributed by atoms with Crippen molar-refractivity contribution in [3.8, 4) is 0 Å². The zero-order valence-electron chi connectivity index (χ0n) is 11.1. The van der Waals surface area contributed by atoms with Crippen LogP contribution in [0.5, 0.6) is 0 Å². The fraction of sp³-hybridized carbons (Fsp3) is 0.636. The SMILES string of the molecule is CC(O)C(=O)N[C@@H](C)C(=O)N[C@@H](CCC(=O)O)C(=O)O. The van der Waals surface area contributed by atoms with Gasteiger partial charge in [-0.25, -0.2) is 4.79 Å². The second-order valence-electron chi connectivity index (χ2n) is 4.24. The first-order valence-electron chi connectivity index (χ1n) is 5.88. The molecule has 3 atom stereocenters. The minimum absolute atomic E-state index is 0.270. The number of carboxylic acid groups (broad SMARTS) is 2. The number of hydrogen-bond acceptors (Lipinski definition) is 5. The largest absolute Gasteiger partial charge is 0.481 e. The van der Waals surface area contributed by atoms with Gasteiger partial charge in [0.05, 0.1) is 0 Å². The summed E-state index contributed by atoms with van der Waals surface area (Å²) in [6, 6.07) is -2.41. The van der Waals surface area contributed by atoms with Crippen molar-refractivity contribution < 1.29 is 34.5 Å². The van der Waals surface area contributed by atoms with Gasteiger partial charge in [-0.1, -0.05) is 0 Å². The van der Waals surface area contributed by atoms with E-state index in [9.17, 15) is 19.2 Å². The van der Waals surface area contributed by atoms with Crippen LogP contribution in [0.1, 0.15) is 26.7 Å². The van der Waals surface area contributed by atoms with Crippen molar-refractivity contribution in [3.63, 3.8) is 0 Å². The maximum absolute atomic E-state index is 11.6. The van der Waals surface area contributed by atoms with E-state index >= 15 is 0 Å². The Bertz CT molecular complexity index is 394. The van der Waals surface area contributed by atoms with Crippen molar-refractivity contribution in [2.75, 3.05) is 0 Å². The van der Waals surface area contributed by atoms with E-state index in [-0.39, 0.29) is 6.42 Å². The maximum atomic E-state index is 11.6. The first-order chi connectivity index (χ1) is 9.15. The molecule has 0 radical (unpaired) electrons. The number of carbonyl (C=O) groups is 4. The van der Waals surface area contributed by atoms with Crippen LogP contribution in [0.4, 0.5) is 0 Å². The van der Waals surface area contributed by atoms with Crippen LogP contribution in [-0.2, 0) is 19.2 Å². The van der Waals surface area contributed by atoms with E-state index in [1.165, 1.54) is 13.8 Å². The number of aliphatic hydroxyl groups is 1. The average molecular weight is 290 g/mol. The maximum Gasteiger partial charge on any atom is 0.326 e. The van der Waals surface area contributed by atoms with Crippen LogP contribution in [0.25, 0.3) is 0 Å². The van der Waals surface area contributed by atoms with E-state index in [2.05, 4.69) is 10.6 Å². The van der Waals surface area contributed by atoms with Crippen molar-refractivity contribution in [1.29, 1.82) is 0 Å². The summed E-state index contributed by atoms with van der Waals surface area (Å²) in [5, 5.41) is 30.6. The Hall–Kier alpha value is -2.16. The highest BCUT2D eigenvalue weighted by molar-refractivity contribution is 5.91. The van der Waals surface area contributed by atoms with Gasteiger partial charge >= 0.3 is 11.9 Å². The number of carbonyl (C=O) groups excluding carboxylic acids is 2. The molecule has 9 heteroatoms. The molecule has 2 amide bonds. The van der Waals surface area contributed by atoms with Crippen molar-refractivity contribution in [3.05, 3.63) is 0 Å². The molecule has 5 N–H and O–H groups in total. The number of amides is 2. The summed E-state index contributed by atoms with van der Waals surface area (Å²) in [7, 11) is 0. The lowest BCUT2D eigenvalue weighted by Crippen LogP contribution is -2.51. The Kier molecular flexibility index (Phi) is 7.22. The molecule has 0 aliphatic heterocycles. The molecule has 0 spiro atoms. The summed E-state index contributed by atoms with van der Waals surface area (Å²) in [6.07, 6.45) is -1.98. The normalized spacial score (nSPS) is 14.8. The Morgan fingerprint density at radius 2 is 1.55 bits per heavy atom. The minimum Gasteiger partial charge on any atom is -0.481 e. The molecular weight excluding hydrogens is 272 g/mol. The quantitative estimate of drug-likeness (QED) is 0.357. The van der Waals surface area contributed by atoms with Crippen LogP contribution in [-0.4, -0.2) is 57.3 Å². The lowest BCUT2D eigenvalue weighted by atomic mass is 10.1. The molecule has 0 saturated carbocycles. The third kappa shape index (κ3) is 6.69. The zero-order chi connectivity index (χ0) is 15.9. The predicted octanol–water partition coefficient (Wildman–Crippen LogP) is -1.69. The Balaban J connectivity index is 4.48. The van der Waals surface area contributed by atoms with E-state index in [1.807, 2.05) is 0 Å². The second-order valence-corrected chi connectivity index (χ2v) is 4.24. The molecule has 20 heavy (non-hydrogen) atoms. The molecule has 0 fully saturated rings. The van der Waals surface area contributed by atoms with Crippen molar-refractivity contribution in [2.45, 2.75) is 44.9 Å². The van der Waals surface area contributed by atoms with Gasteiger partial charge in [0.25, 0.3) is 0 Å². The summed E-state index contributed by atoms with van der Waals surface area (Å²) < 4.78 is 0. The van der Waals surface area contributed by atoms with E-state index in [0.29, 0.717) is 0 Å². The van der Waals surface area contributed by atoms with Crippen molar-refractivity contribution >= 4 is 23.8 Å². The van der Waals surface area contributed by atoms with Gasteiger partial charge in [0, 0.05) is 6.42 Å². The van der Waals surface area contributed by atoms with Gasteiger partial charge in [-0.2, -0.15) is 0 Å². The van der Waals surface area contributed by atoms with Crippen LogP contribution in [0.2, 0.25) is 0 Å². The summed E-state index contributed by atoms with van der Waals surface area (Å²) in [5.74, 6) is -4.10. The lowest BCUT2D eigenvalue weighted by molar-refractivity contribution is -0.143. The average Bonchev–Trinajstić information content (AvgIpc) is 2.32. The molecule has 0 bridgehead atoms. The first kappa shape index (κ1) is 17.8. The Labute approximate surface area is 115 Å². The molecule has 0 saturated heterocycles. The fourth-order valence-corrected chi connectivity index (χ4v) is 1.22. The van der Waals surface area contributed by atoms with Gasteiger partial charge < -0.3 is 26.0 Å². The minimum atomic E-state index is -1.37. The number of rotatable bonds is 8. The topological polar surface area (TPSA) is 153 Å². The molecule has 0 rings (SSSR count). The van der Waals surface area contributed by atoms with Gasteiger partial charge in [-0.05, 0) is 20.3 Å². The smallest absolute Gasteiger partial charge is 0.326 e. The number of carboxylic acids is 2. The third-order valence-corrected chi connectivity index (χ3v) is 2.39. The molecule has 0 aromatic rings. The number of nitrogens with one attached hydrogen (secondary N) is 2. The fourth-order valence-electron chi connectivity index (χ4n) is 1.22. The Morgan fingerprint density at radius 3 is 1.95 bits per heavy atom. The monoisotopic (exact) mass is 290 g/mol. The second kappa shape index (κ2) is 8.10. The van der Waals surface area contributed by atoms with Crippen LogP contribution in [0.15, 0.2) is 0 Å². The van der Waals surface area contributed by atoms with E-state index in [4.69, 9.17) is 15.3 Å². The zero-order valence-corrected chi connectivity index (χ0v) is 11.1. The van der Waals surface area contributed by atoms with Crippen LogP contribution in [0, 0.1) is 0 Å². The van der Waals surface area contributed by atoms with Crippen molar-refractivity contribution in [1.82, 2.24) is 10.6 Å². The van der Waals surface area contributed by atoms with Gasteiger partial charge in [0.1, 0.15) is 18.2 Å². The summed E-state index contributed by atoms with van der Waals surface area (Å²) in [4.78, 5) is 44.0. The molecule has 1 unspecified atom stereocenters. The molecule has 0 aliphatic carbocycles. The van der Waals surface area contributed by atoms with E-state index in [1.54, 1.807) is 0 Å². The van der Waals surface area contributed by atoms with Crippen LogP contribution < -0.4 is 10.6 Å². The summed E-state index contributed by atoms with van der Waals surface area (Å²) in [5.41, 5.74) is 0. The first-order valence-corrected chi connectivity index (χ1v) is 5.88. The summed E-state index contributed by atoms with van der Waals surface area (Å²) >= 11 is 0. The van der Waals surface area contributed by atoms with E-state index < -0.39 is 48.4 Å². The van der Waals surface area contributed by atoms with Gasteiger partial charge in [-0.3, -0.25) is 14.4 Å². The number of aliphatic carboxylic acids is 2. The van der Waals surface area contributed by atoms with E-state index in [0.717, 1.165) is 0 Å². The molecule has 0 heterocycles. The molecule has 0 aromatic heterocycles. The van der Waals surface area contributed by atoms with Gasteiger partial charge in [-0.15, -0.1) is 0 Å². The molecule has 9 nitrogen and oxygen atoms in total. The highest BCUT2D eigenvalue weighted by Crippen LogP contribution is 1.99. The molecular formula is C11H18N2O7. The number of hydrogen-bond donors (Lipinski definition) is 5. The molecule has 114 valence electrons. The Morgan fingerprint density at radius 1 is 1.00 bits per heavy atom. The lowest BCUT2D eigenvalue weighted by Gasteiger charge is -2.18. The highest BCUT2D eigenvalue weighted by atomic mass is 16.4. The summed E-state index contributed by atoms with van der Waals surface area (Å²) in [6.45, 7) is 2.53. The predicted molar refractivity (Wildman–Crippen MR) is 65.7 cm³/mol. The highest BCUT2D eigenvalue weighted by Gasteiger charge is 2.25.